The molecule has 3 heterocycles. The van der Waals surface area contributed by atoms with Crippen LogP contribution in [0.4, 0.5) is 0 Å². The number of thiophene rings is 1. The van der Waals surface area contributed by atoms with Crippen LogP contribution in [-0.2, 0) is 16.0 Å². The molecule has 0 spiro atoms. The van der Waals surface area contributed by atoms with Crippen molar-refractivity contribution in [1.29, 1.82) is 0 Å². The van der Waals surface area contributed by atoms with E-state index >= 15 is 0 Å². The molecular formula is C24H33N3O4S. The molecule has 1 saturated heterocycles. The summed E-state index contributed by atoms with van der Waals surface area (Å²) in [6.07, 6.45) is 5.78. The van der Waals surface area contributed by atoms with Gasteiger partial charge in [-0.1, -0.05) is 0 Å². The number of nitrogens with zero attached hydrogens (tertiary/aromatic N) is 2. The van der Waals surface area contributed by atoms with Gasteiger partial charge in [-0.3, -0.25) is 9.69 Å². The van der Waals surface area contributed by atoms with Crippen molar-refractivity contribution in [3.63, 3.8) is 0 Å². The topological polar surface area (TPSA) is 97.9 Å². The molecule has 1 saturated carbocycles. The monoisotopic (exact) mass is 459 g/mol. The Hall–Kier alpha value is -1.74. The van der Waals surface area contributed by atoms with E-state index < -0.39 is 12.0 Å². The Kier molecular flexibility index (Phi) is 6.38. The number of morpholine rings is 1. The van der Waals surface area contributed by atoms with Crippen LogP contribution >= 0.6 is 11.3 Å². The lowest BCUT2D eigenvalue weighted by molar-refractivity contribution is -0.126. The second-order valence-corrected chi connectivity index (χ2v) is 10.6. The number of nitrogens with two attached hydrogens (primary N) is 1. The summed E-state index contributed by atoms with van der Waals surface area (Å²) in [7, 11) is 0. The van der Waals surface area contributed by atoms with Gasteiger partial charge in [-0.15, -0.1) is 11.3 Å². The highest BCUT2D eigenvalue weighted by Crippen LogP contribution is 2.48. The number of carbonyl (C=O) groups is 1. The molecule has 1 amide bonds. The Morgan fingerprint density at radius 1 is 1.31 bits per heavy atom. The van der Waals surface area contributed by atoms with E-state index in [1.165, 1.54) is 10.4 Å². The third-order valence-electron chi connectivity index (χ3n) is 7.33. The van der Waals surface area contributed by atoms with Crippen LogP contribution in [0.2, 0.25) is 0 Å². The minimum Gasteiger partial charge on any atom is -0.490 e. The molecule has 0 unspecified atom stereocenters. The fourth-order valence-corrected chi connectivity index (χ4v) is 7.01. The van der Waals surface area contributed by atoms with Crippen molar-refractivity contribution < 1.29 is 19.4 Å². The number of ether oxygens (including phenoxy) is 2. The Bertz CT molecular complexity index is 979. The molecule has 1 aliphatic heterocycles. The third kappa shape index (κ3) is 4.38. The predicted molar refractivity (Wildman–Crippen MR) is 124 cm³/mol. The van der Waals surface area contributed by atoms with Gasteiger partial charge in [-0.25, -0.2) is 4.98 Å². The van der Waals surface area contributed by atoms with Gasteiger partial charge < -0.3 is 20.3 Å². The first-order valence-corrected chi connectivity index (χ1v) is 12.7. The van der Waals surface area contributed by atoms with E-state index in [4.69, 9.17) is 20.2 Å². The maximum atomic E-state index is 11.4. The maximum absolute atomic E-state index is 11.4. The van der Waals surface area contributed by atoms with Gasteiger partial charge in [0.15, 0.2) is 0 Å². The van der Waals surface area contributed by atoms with Crippen molar-refractivity contribution in [3.8, 4) is 5.75 Å². The molecule has 2 atom stereocenters. The average Bonchev–Trinajstić information content (AvgIpc) is 3.34. The Morgan fingerprint density at radius 2 is 2.06 bits per heavy atom. The minimum atomic E-state index is -1.11. The van der Waals surface area contributed by atoms with E-state index in [9.17, 15) is 9.90 Å². The fraction of sp³-hybridized carbons (Fsp3) is 0.667. The van der Waals surface area contributed by atoms with E-state index in [1.54, 1.807) is 11.3 Å². The minimum absolute atomic E-state index is 0.116. The molecule has 0 bridgehead atoms. The number of pyridine rings is 1. The quantitative estimate of drug-likeness (QED) is 0.689. The van der Waals surface area contributed by atoms with Gasteiger partial charge in [0.1, 0.15) is 16.7 Å². The number of amides is 1. The average molecular weight is 460 g/mol. The van der Waals surface area contributed by atoms with Gasteiger partial charge in [-0.2, -0.15) is 0 Å². The zero-order valence-corrected chi connectivity index (χ0v) is 19.5. The standard InChI is InChI=1S/C24H33N3O4S/c1-14-12-19(31-17-5-3-16(4-6-17)27-8-10-30-11-9-27)22-21-15(13-18(28)23(25)29)2-7-20(21)32-24(22)26-14/h12,15-18,28H,2-11,13H2,1H3,(H2,25,29)/t15-,16?,17?,18+/m1/s1. The molecule has 7 nitrogen and oxygen atoms in total. The highest BCUT2D eigenvalue weighted by molar-refractivity contribution is 7.19. The van der Waals surface area contributed by atoms with E-state index in [2.05, 4.69) is 11.0 Å². The van der Waals surface area contributed by atoms with E-state index in [0.29, 0.717) is 12.5 Å². The predicted octanol–water partition coefficient (Wildman–Crippen LogP) is 2.89. The van der Waals surface area contributed by atoms with Gasteiger partial charge in [-0.05, 0) is 63.4 Å². The second kappa shape index (κ2) is 9.25. The van der Waals surface area contributed by atoms with Crippen LogP contribution in [0.15, 0.2) is 6.07 Å². The molecule has 2 aliphatic carbocycles. The number of aryl methyl sites for hydroxylation is 2. The number of carbonyl (C=O) groups excluding carboxylic acids is 1. The summed E-state index contributed by atoms with van der Waals surface area (Å²) in [5.41, 5.74) is 7.51. The van der Waals surface area contributed by atoms with Crippen LogP contribution in [-0.4, -0.2) is 65.5 Å². The number of fused-ring (bicyclic) bond motifs is 3. The lowest BCUT2D eigenvalue weighted by atomic mass is 9.91. The van der Waals surface area contributed by atoms with E-state index in [-0.39, 0.29) is 12.0 Å². The second-order valence-electron chi connectivity index (χ2n) is 9.47. The number of hydrogen-bond donors (Lipinski definition) is 2. The van der Waals surface area contributed by atoms with Gasteiger partial charge in [0.05, 0.1) is 24.7 Å². The van der Waals surface area contributed by atoms with Crippen LogP contribution in [0.3, 0.4) is 0 Å². The summed E-state index contributed by atoms with van der Waals surface area (Å²) in [6, 6.07) is 2.70. The Morgan fingerprint density at radius 3 is 2.78 bits per heavy atom. The third-order valence-corrected chi connectivity index (χ3v) is 8.49. The van der Waals surface area contributed by atoms with Crippen molar-refractivity contribution in [3.05, 3.63) is 22.2 Å². The van der Waals surface area contributed by atoms with Crippen LogP contribution in [0.1, 0.15) is 60.6 Å². The van der Waals surface area contributed by atoms with Crippen molar-refractivity contribution in [1.82, 2.24) is 9.88 Å². The molecular weight excluding hydrogens is 426 g/mol. The molecule has 3 N–H and O–H groups in total. The molecule has 32 heavy (non-hydrogen) atoms. The maximum Gasteiger partial charge on any atom is 0.246 e. The van der Waals surface area contributed by atoms with Gasteiger partial charge in [0, 0.05) is 35.8 Å². The molecule has 5 rings (SSSR count). The number of aliphatic hydroxyl groups excluding tert-OH is 1. The molecule has 0 radical (unpaired) electrons. The van der Waals surface area contributed by atoms with E-state index in [1.807, 2.05) is 6.92 Å². The number of primary amides is 1. The SMILES string of the molecule is Cc1cc(OC2CCC(N3CCOCC3)CC2)c2c3c(sc2n1)CC[C@@H]3C[C@H](O)C(N)=O. The van der Waals surface area contributed by atoms with Gasteiger partial charge in [0.2, 0.25) is 5.91 Å². The first-order valence-electron chi connectivity index (χ1n) is 11.9. The molecule has 174 valence electrons. The summed E-state index contributed by atoms with van der Waals surface area (Å²) in [5, 5.41) is 11.2. The summed E-state index contributed by atoms with van der Waals surface area (Å²) in [4.78, 5) is 21.1. The van der Waals surface area contributed by atoms with Gasteiger partial charge in [0.25, 0.3) is 0 Å². The van der Waals surface area contributed by atoms with Crippen molar-refractivity contribution >= 4 is 27.5 Å². The summed E-state index contributed by atoms with van der Waals surface area (Å²) in [6.45, 7) is 5.79. The molecule has 3 aliphatic rings. The van der Waals surface area contributed by atoms with Crippen LogP contribution in [0.25, 0.3) is 10.2 Å². The van der Waals surface area contributed by atoms with Crippen LogP contribution in [0.5, 0.6) is 5.75 Å². The first-order chi connectivity index (χ1) is 15.5. The Labute approximate surface area is 192 Å². The first kappa shape index (κ1) is 22.1. The number of hydrogen-bond acceptors (Lipinski definition) is 7. The number of aliphatic hydroxyl groups is 1. The fourth-order valence-electron chi connectivity index (χ4n) is 5.68. The zero-order valence-electron chi connectivity index (χ0n) is 18.7. The smallest absolute Gasteiger partial charge is 0.246 e. The largest absolute Gasteiger partial charge is 0.490 e. The van der Waals surface area contributed by atoms with Crippen molar-refractivity contribution in [2.45, 2.75) is 76.0 Å². The van der Waals surface area contributed by atoms with E-state index in [0.717, 1.165) is 86.5 Å². The molecule has 2 aromatic heterocycles. The Balaban J connectivity index is 1.35. The van der Waals surface area contributed by atoms with Crippen LogP contribution in [0, 0.1) is 6.92 Å². The normalized spacial score (nSPS) is 27.4. The van der Waals surface area contributed by atoms with Crippen LogP contribution < -0.4 is 10.5 Å². The number of rotatable bonds is 6. The van der Waals surface area contributed by atoms with Gasteiger partial charge >= 0.3 is 0 Å². The van der Waals surface area contributed by atoms with Crippen molar-refractivity contribution in [2.75, 3.05) is 26.3 Å². The zero-order chi connectivity index (χ0) is 22.2. The molecule has 0 aromatic carbocycles. The molecule has 2 aromatic rings. The lowest BCUT2D eigenvalue weighted by Gasteiger charge is -2.38. The van der Waals surface area contributed by atoms with Crippen molar-refractivity contribution in [2.24, 2.45) is 5.73 Å². The highest BCUT2D eigenvalue weighted by Gasteiger charge is 2.33. The molecule has 8 heteroatoms. The highest BCUT2D eigenvalue weighted by atomic mass is 32.1. The number of aromatic nitrogens is 1. The summed E-state index contributed by atoms with van der Waals surface area (Å²) >= 11 is 1.73. The summed E-state index contributed by atoms with van der Waals surface area (Å²) in [5.74, 6) is 0.380. The summed E-state index contributed by atoms with van der Waals surface area (Å²) < 4.78 is 12.1. The molecule has 2 fully saturated rings. The lowest BCUT2D eigenvalue weighted by Crippen LogP contribution is -2.46.